The van der Waals surface area contributed by atoms with Crippen molar-refractivity contribution in [3.8, 4) is 0 Å². The molecule has 19 heavy (non-hydrogen) atoms. The molecule has 5 heteroatoms. The van der Waals surface area contributed by atoms with Crippen LogP contribution >= 0.6 is 0 Å². The maximum absolute atomic E-state index is 11.6. The van der Waals surface area contributed by atoms with Gasteiger partial charge in [0.2, 0.25) is 0 Å². The number of amides is 2. The Kier molecular flexibility index (Phi) is 6.67. The standard InChI is InChI=1S/C14H26N2O3/c1-10-3-6-12(7-4-10)9-15-14(19)16-11(2)5-8-13(17)18/h10-12H,3-9H2,1-2H3,(H,17,18)(H2,15,16,19). The summed E-state index contributed by atoms with van der Waals surface area (Å²) in [5, 5.41) is 14.2. The highest BCUT2D eigenvalue weighted by molar-refractivity contribution is 5.74. The minimum Gasteiger partial charge on any atom is -0.481 e. The second kappa shape index (κ2) is 8.02. The molecule has 0 aromatic rings. The predicted molar refractivity (Wildman–Crippen MR) is 74.0 cm³/mol. The molecular weight excluding hydrogens is 244 g/mol. The first-order chi connectivity index (χ1) is 8.97. The molecule has 1 aliphatic carbocycles. The van der Waals surface area contributed by atoms with Crippen molar-refractivity contribution in [2.45, 2.75) is 58.4 Å². The van der Waals surface area contributed by atoms with Crippen molar-refractivity contribution in [2.24, 2.45) is 11.8 Å². The van der Waals surface area contributed by atoms with Gasteiger partial charge in [-0.05, 0) is 38.0 Å². The summed E-state index contributed by atoms with van der Waals surface area (Å²) in [6.45, 7) is 4.83. The summed E-state index contributed by atoms with van der Waals surface area (Å²) in [6, 6.07) is -0.293. The SMILES string of the molecule is CC1CCC(CNC(=O)NC(C)CCC(=O)O)CC1. The molecular formula is C14H26N2O3. The molecule has 0 bridgehead atoms. The van der Waals surface area contributed by atoms with Gasteiger partial charge in [0, 0.05) is 19.0 Å². The van der Waals surface area contributed by atoms with Gasteiger partial charge in [0.25, 0.3) is 0 Å². The Bertz CT molecular complexity index is 299. The Balaban J connectivity index is 2.12. The molecule has 1 rings (SSSR count). The van der Waals surface area contributed by atoms with Crippen LogP contribution in [0.2, 0.25) is 0 Å². The van der Waals surface area contributed by atoms with E-state index in [0.717, 1.165) is 12.5 Å². The lowest BCUT2D eigenvalue weighted by molar-refractivity contribution is -0.137. The van der Waals surface area contributed by atoms with Gasteiger partial charge in [-0.15, -0.1) is 0 Å². The van der Waals surface area contributed by atoms with Gasteiger partial charge in [-0.2, -0.15) is 0 Å². The molecule has 1 aliphatic rings. The number of urea groups is 1. The maximum Gasteiger partial charge on any atom is 0.315 e. The number of hydrogen-bond donors (Lipinski definition) is 3. The van der Waals surface area contributed by atoms with E-state index in [2.05, 4.69) is 17.6 Å². The molecule has 0 aromatic carbocycles. The maximum atomic E-state index is 11.6. The van der Waals surface area contributed by atoms with Gasteiger partial charge in [0.1, 0.15) is 0 Å². The average Bonchev–Trinajstić information content (AvgIpc) is 2.36. The van der Waals surface area contributed by atoms with Gasteiger partial charge in [-0.3, -0.25) is 4.79 Å². The molecule has 3 N–H and O–H groups in total. The van der Waals surface area contributed by atoms with Crippen molar-refractivity contribution in [3.63, 3.8) is 0 Å². The van der Waals surface area contributed by atoms with E-state index < -0.39 is 5.97 Å². The van der Waals surface area contributed by atoms with E-state index in [1.165, 1.54) is 25.7 Å². The fourth-order valence-electron chi connectivity index (χ4n) is 2.46. The lowest BCUT2D eigenvalue weighted by Gasteiger charge is -2.26. The van der Waals surface area contributed by atoms with Gasteiger partial charge in [0.15, 0.2) is 0 Å². The lowest BCUT2D eigenvalue weighted by Crippen LogP contribution is -2.43. The Hall–Kier alpha value is -1.26. The van der Waals surface area contributed by atoms with E-state index in [1.807, 2.05) is 6.92 Å². The van der Waals surface area contributed by atoms with Gasteiger partial charge >= 0.3 is 12.0 Å². The van der Waals surface area contributed by atoms with E-state index in [4.69, 9.17) is 5.11 Å². The Morgan fingerprint density at radius 2 is 1.89 bits per heavy atom. The highest BCUT2D eigenvalue weighted by Crippen LogP contribution is 2.27. The summed E-state index contributed by atoms with van der Waals surface area (Å²) in [5.41, 5.74) is 0. The number of carbonyl (C=O) groups is 2. The van der Waals surface area contributed by atoms with Gasteiger partial charge in [0.05, 0.1) is 0 Å². The van der Waals surface area contributed by atoms with E-state index >= 15 is 0 Å². The van der Waals surface area contributed by atoms with Crippen LogP contribution in [0.25, 0.3) is 0 Å². The number of nitrogens with one attached hydrogen (secondary N) is 2. The van der Waals surface area contributed by atoms with Crippen molar-refractivity contribution < 1.29 is 14.7 Å². The van der Waals surface area contributed by atoms with Crippen molar-refractivity contribution in [3.05, 3.63) is 0 Å². The summed E-state index contributed by atoms with van der Waals surface area (Å²) in [5.74, 6) is 0.586. The van der Waals surface area contributed by atoms with Gasteiger partial charge in [-0.1, -0.05) is 19.8 Å². The third kappa shape index (κ3) is 7.03. The number of aliphatic carboxylic acids is 1. The number of carboxylic acid groups (broad SMARTS) is 1. The molecule has 110 valence electrons. The molecule has 2 amide bonds. The number of hydrogen-bond acceptors (Lipinski definition) is 2. The van der Waals surface area contributed by atoms with E-state index in [1.54, 1.807) is 0 Å². The highest BCUT2D eigenvalue weighted by atomic mass is 16.4. The number of rotatable bonds is 6. The fraction of sp³-hybridized carbons (Fsp3) is 0.857. The normalized spacial score (nSPS) is 24.5. The Morgan fingerprint density at radius 1 is 1.26 bits per heavy atom. The Morgan fingerprint density at radius 3 is 2.47 bits per heavy atom. The summed E-state index contributed by atoms with van der Waals surface area (Å²) >= 11 is 0. The lowest BCUT2D eigenvalue weighted by atomic mass is 9.83. The number of carboxylic acids is 1. The summed E-state index contributed by atoms with van der Waals surface area (Å²) < 4.78 is 0. The van der Waals surface area contributed by atoms with Crippen LogP contribution in [0.5, 0.6) is 0 Å². The first kappa shape index (κ1) is 15.8. The van der Waals surface area contributed by atoms with Crippen molar-refractivity contribution in [2.75, 3.05) is 6.54 Å². The summed E-state index contributed by atoms with van der Waals surface area (Å²) in [6.07, 6.45) is 5.43. The zero-order chi connectivity index (χ0) is 14.3. The first-order valence-corrected chi connectivity index (χ1v) is 7.23. The van der Waals surface area contributed by atoms with Gasteiger partial charge < -0.3 is 15.7 Å². The van der Waals surface area contributed by atoms with Crippen LogP contribution in [0, 0.1) is 11.8 Å². The topological polar surface area (TPSA) is 78.4 Å². The summed E-state index contributed by atoms with van der Waals surface area (Å²) in [4.78, 5) is 22.1. The molecule has 1 fully saturated rings. The quantitative estimate of drug-likeness (QED) is 0.693. The first-order valence-electron chi connectivity index (χ1n) is 7.23. The minimum absolute atomic E-state index is 0.0853. The molecule has 1 unspecified atom stereocenters. The summed E-state index contributed by atoms with van der Waals surface area (Å²) in [7, 11) is 0. The molecule has 0 radical (unpaired) electrons. The van der Waals surface area contributed by atoms with Crippen molar-refractivity contribution in [1.82, 2.24) is 10.6 Å². The van der Waals surface area contributed by atoms with E-state index in [-0.39, 0.29) is 18.5 Å². The smallest absolute Gasteiger partial charge is 0.315 e. The van der Waals surface area contributed by atoms with E-state index in [0.29, 0.717) is 12.3 Å². The monoisotopic (exact) mass is 270 g/mol. The van der Waals surface area contributed by atoms with Crippen LogP contribution < -0.4 is 10.6 Å². The van der Waals surface area contributed by atoms with Crippen molar-refractivity contribution >= 4 is 12.0 Å². The third-order valence-corrected chi connectivity index (χ3v) is 3.86. The second-order valence-electron chi connectivity index (χ2n) is 5.81. The highest BCUT2D eigenvalue weighted by Gasteiger charge is 2.18. The average molecular weight is 270 g/mol. The fourth-order valence-corrected chi connectivity index (χ4v) is 2.46. The second-order valence-corrected chi connectivity index (χ2v) is 5.81. The molecule has 1 saturated carbocycles. The largest absolute Gasteiger partial charge is 0.481 e. The van der Waals surface area contributed by atoms with Crippen LogP contribution in [-0.4, -0.2) is 29.7 Å². The minimum atomic E-state index is -0.828. The number of carbonyl (C=O) groups excluding carboxylic acids is 1. The molecule has 1 atom stereocenters. The molecule has 0 saturated heterocycles. The van der Waals surface area contributed by atoms with Crippen LogP contribution in [0.1, 0.15) is 52.4 Å². The molecule has 5 nitrogen and oxygen atoms in total. The third-order valence-electron chi connectivity index (χ3n) is 3.86. The zero-order valence-corrected chi connectivity index (χ0v) is 11.9. The molecule has 0 aromatic heterocycles. The van der Waals surface area contributed by atoms with Crippen LogP contribution in [-0.2, 0) is 4.79 Å². The van der Waals surface area contributed by atoms with Crippen LogP contribution in [0.3, 0.4) is 0 Å². The van der Waals surface area contributed by atoms with E-state index in [9.17, 15) is 9.59 Å². The Labute approximate surface area is 115 Å². The molecule has 0 aliphatic heterocycles. The van der Waals surface area contributed by atoms with Crippen molar-refractivity contribution in [1.29, 1.82) is 0 Å². The van der Waals surface area contributed by atoms with Crippen LogP contribution in [0.15, 0.2) is 0 Å². The molecule has 0 heterocycles. The van der Waals surface area contributed by atoms with Crippen LogP contribution in [0.4, 0.5) is 4.79 Å². The zero-order valence-electron chi connectivity index (χ0n) is 11.9. The molecule has 0 spiro atoms. The predicted octanol–water partition coefficient (Wildman–Crippen LogP) is 2.37. The van der Waals surface area contributed by atoms with Gasteiger partial charge in [-0.25, -0.2) is 4.79 Å².